The number of aromatic nitrogens is 4. The highest BCUT2D eigenvalue weighted by Gasteiger charge is 2.10. The first-order valence-electron chi connectivity index (χ1n) is 6.44. The molecule has 0 aliphatic heterocycles. The van der Waals surface area contributed by atoms with Crippen molar-refractivity contribution in [3.63, 3.8) is 0 Å². The van der Waals surface area contributed by atoms with Gasteiger partial charge >= 0.3 is 5.97 Å². The van der Waals surface area contributed by atoms with E-state index in [-0.39, 0.29) is 17.1 Å². The Morgan fingerprint density at radius 1 is 1.32 bits per heavy atom. The fourth-order valence-corrected chi connectivity index (χ4v) is 1.78. The Morgan fingerprint density at radius 2 is 2.09 bits per heavy atom. The number of carbonyl (C=O) groups is 1. The van der Waals surface area contributed by atoms with Gasteiger partial charge in [0.1, 0.15) is 0 Å². The van der Waals surface area contributed by atoms with E-state index in [2.05, 4.69) is 30.2 Å². The summed E-state index contributed by atoms with van der Waals surface area (Å²) in [7, 11) is 0. The fraction of sp³-hybridized carbons (Fsp3) is 0.154. The van der Waals surface area contributed by atoms with Crippen LogP contribution in [-0.2, 0) is 4.74 Å². The minimum absolute atomic E-state index is 0.0482. The number of nitrogens with zero attached hydrogens (tertiary/aromatic N) is 3. The molecular weight excluding hydrogens is 290 g/mol. The summed E-state index contributed by atoms with van der Waals surface area (Å²) in [4.78, 5) is 29.9. The second kappa shape index (κ2) is 5.64. The number of benzene rings is 1. The van der Waals surface area contributed by atoms with Crippen LogP contribution in [0.3, 0.4) is 0 Å². The van der Waals surface area contributed by atoms with Crippen molar-refractivity contribution in [3.05, 3.63) is 40.2 Å². The highest BCUT2D eigenvalue weighted by atomic mass is 16.6. The third-order valence-electron chi connectivity index (χ3n) is 2.79. The molecule has 0 aliphatic rings. The Morgan fingerprint density at radius 3 is 2.82 bits per heavy atom. The summed E-state index contributed by atoms with van der Waals surface area (Å²) >= 11 is 0. The van der Waals surface area contributed by atoms with Gasteiger partial charge in [-0.2, -0.15) is 4.98 Å². The van der Waals surface area contributed by atoms with E-state index in [0.29, 0.717) is 17.9 Å². The molecule has 1 aromatic carbocycles. The summed E-state index contributed by atoms with van der Waals surface area (Å²) in [6, 6.07) is 6.45. The van der Waals surface area contributed by atoms with E-state index in [1.54, 1.807) is 31.2 Å². The van der Waals surface area contributed by atoms with Crippen LogP contribution in [0.4, 0.5) is 11.5 Å². The number of anilines is 2. The van der Waals surface area contributed by atoms with Gasteiger partial charge < -0.3 is 10.1 Å². The third kappa shape index (κ3) is 2.64. The average Bonchev–Trinajstić information content (AvgIpc) is 2.95. The van der Waals surface area contributed by atoms with Gasteiger partial charge in [-0.05, 0) is 41.5 Å². The highest BCUT2D eigenvalue weighted by molar-refractivity contribution is 5.89. The Bertz CT molecular complexity index is 868. The number of aromatic amines is 1. The first-order valence-corrected chi connectivity index (χ1v) is 6.44. The number of esters is 1. The molecule has 3 aromatic rings. The predicted molar refractivity (Wildman–Crippen MR) is 75.9 cm³/mol. The molecule has 2 heterocycles. The van der Waals surface area contributed by atoms with Crippen LogP contribution in [0.2, 0.25) is 0 Å². The molecule has 0 atom stereocenters. The molecule has 2 aromatic heterocycles. The zero-order valence-corrected chi connectivity index (χ0v) is 11.5. The minimum atomic E-state index is -0.460. The van der Waals surface area contributed by atoms with Gasteiger partial charge in [0.2, 0.25) is 11.3 Å². The Labute approximate surface area is 123 Å². The molecule has 2 N–H and O–H groups in total. The van der Waals surface area contributed by atoms with E-state index in [1.807, 2.05) is 0 Å². The quantitative estimate of drug-likeness (QED) is 0.689. The summed E-state index contributed by atoms with van der Waals surface area (Å²) in [6.07, 6.45) is 0. The molecule has 22 heavy (non-hydrogen) atoms. The topological polar surface area (TPSA) is 123 Å². The van der Waals surface area contributed by atoms with Crippen LogP contribution in [0.15, 0.2) is 33.7 Å². The highest BCUT2D eigenvalue weighted by Crippen LogP contribution is 2.14. The largest absolute Gasteiger partial charge is 0.462 e. The number of nitrogens with one attached hydrogen (secondary N) is 2. The van der Waals surface area contributed by atoms with Crippen LogP contribution in [0.1, 0.15) is 17.3 Å². The maximum absolute atomic E-state index is 11.8. The van der Waals surface area contributed by atoms with Crippen molar-refractivity contribution in [2.24, 2.45) is 0 Å². The third-order valence-corrected chi connectivity index (χ3v) is 2.79. The van der Waals surface area contributed by atoms with Gasteiger partial charge in [0, 0.05) is 5.69 Å². The monoisotopic (exact) mass is 301 g/mol. The molecule has 0 radical (unpaired) electrons. The average molecular weight is 301 g/mol. The van der Waals surface area contributed by atoms with Crippen LogP contribution in [0.5, 0.6) is 0 Å². The van der Waals surface area contributed by atoms with E-state index in [1.165, 1.54) is 0 Å². The number of hydrogen-bond donors (Lipinski definition) is 2. The number of rotatable bonds is 4. The number of carbonyl (C=O) groups excluding carboxylic acids is 1. The van der Waals surface area contributed by atoms with Crippen molar-refractivity contribution in [1.29, 1.82) is 0 Å². The molecule has 0 fully saturated rings. The summed E-state index contributed by atoms with van der Waals surface area (Å²) in [5.74, 6) is -0.354. The SMILES string of the molecule is CCOC(=O)c1ccc(Nc2nc3nonc3[nH]c2=O)cc1. The van der Waals surface area contributed by atoms with Crippen molar-refractivity contribution in [2.45, 2.75) is 6.92 Å². The van der Waals surface area contributed by atoms with E-state index >= 15 is 0 Å². The smallest absolute Gasteiger partial charge is 0.338 e. The van der Waals surface area contributed by atoms with Crippen LogP contribution in [-0.4, -0.2) is 32.9 Å². The normalized spacial score (nSPS) is 10.6. The van der Waals surface area contributed by atoms with Crippen molar-refractivity contribution >= 4 is 28.8 Å². The van der Waals surface area contributed by atoms with Crippen molar-refractivity contribution < 1.29 is 14.2 Å². The van der Waals surface area contributed by atoms with Crippen LogP contribution in [0.25, 0.3) is 11.3 Å². The molecule has 0 saturated heterocycles. The molecule has 3 rings (SSSR count). The maximum Gasteiger partial charge on any atom is 0.338 e. The van der Waals surface area contributed by atoms with Gasteiger partial charge in [-0.3, -0.25) is 9.78 Å². The Kier molecular flexibility index (Phi) is 3.52. The summed E-state index contributed by atoms with van der Waals surface area (Å²) in [5, 5.41) is 9.88. The summed E-state index contributed by atoms with van der Waals surface area (Å²) in [6.45, 7) is 2.05. The van der Waals surface area contributed by atoms with Crippen LogP contribution < -0.4 is 10.9 Å². The molecule has 0 amide bonds. The van der Waals surface area contributed by atoms with E-state index in [0.717, 1.165) is 0 Å². The summed E-state index contributed by atoms with van der Waals surface area (Å²) < 4.78 is 9.37. The van der Waals surface area contributed by atoms with Crippen molar-refractivity contribution in [1.82, 2.24) is 20.3 Å². The van der Waals surface area contributed by atoms with Gasteiger partial charge in [0.05, 0.1) is 12.2 Å². The first kappa shape index (κ1) is 13.7. The molecule has 0 aliphatic carbocycles. The Balaban J connectivity index is 1.84. The maximum atomic E-state index is 11.8. The van der Waals surface area contributed by atoms with Crippen molar-refractivity contribution in [2.75, 3.05) is 11.9 Å². The van der Waals surface area contributed by atoms with Gasteiger partial charge in [-0.1, -0.05) is 0 Å². The lowest BCUT2D eigenvalue weighted by molar-refractivity contribution is 0.0526. The minimum Gasteiger partial charge on any atom is -0.462 e. The molecule has 0 unspecified atom stereocenters. The summed E-state index contributed by atoms with van der Waals surface area (Å²) in [5.41, 5.74) is 0.906. The van der Waals surface area contributed by atoms with E-state index < -0.39 is 11.5 Å². The molecule has 112 valence electrons. The predicted octanol–water partition coefficient (Wildman–Crippen LogP) is 1.23. The van der Waals surface area contributed by atoms with Gasteiger partial charge in [-0.25, -0.2) is 9.42 Å². The van der Waals surface area contributed by atoms with Gasteiger partial charge in [0.25, 0.3) is 5.56 Å². The number of ether oxygens (including phenoxy) is 1. The zero-order valence-electron chi connectivity index (χ0n) is 11.5. The molecule has 9 heteroatoms. The van der Waals surface area contributed by atoms with E-state index in [9.17, 15) is 9.59 Å². The fourth-order valence-electron chi connectivity index (χ4n) is 1.78. The molecule has 0 saturated carbocycles. The van der Waals surface area contributed by atoms with Gasteiger partial charge in [0.15, 0.2) is 5.82 Å². The van der Waals surface area contributed by atoms with Crippen molar-refractivity contribution in [3.8, 4) is 0 Å². The van der Waals surface area contributed by atoms with Crippen LogP contribution >= 0.6 is 0 Å². The second-order valence-corrected chi connectivity index (χ2v) is 4.27. The van der Waals surface area contributed by atoms with Gasteiger partial charge in [-0.15, -0.1) is 0 Å². The second-order valence-electron chi connectivity index (χ2n) is 4.27. The number of fused-ring (bicyclic) bond motifs is 1. The van der Waals surface area contributed by atoms with Crippen LogP contribution in [0, 0.1) is 0 Å². The molecule has 0 bridgehead atoms. The van der Waals surface area contributed by atoms with E-state index in [4.69, 9.17) is 4.74 Å². The molecular formula is C13H11N5O4. The molecule has 0 spiro atoms. The number of hydrogen-bond acceptors (Lipinski definition) is 8. The molecule has 9 nitrogen and oxygen atoms in total. The standard InChI is InChI=1S/C13H11N5O4/c1-2-21-13(20)7-3-5-8(6-4-7)14-11-12(19)16-10-9(15-11)17-22-18-10/h3-6H,2H2,1H3,(H,14,15,17)(H,16,18,19). The lowest BCUT2D eigenvalue weighted by atomic mass is 10.2. The first-order chi connectivity index (χ1) is 10.7. The number of H-pyrrole nitrogens is 1. The lowest BCUT2D eigenvalue weighted by Crippen LogP contribution is -2.14. The Hall–Kier alpha value is -3.23. The lowest BCUT2D eigenvalue weighted by Gasteiger charge is -2.05. The zero-order chi connectivity index (χ0) is 15.5.